The van der Waals surface area contributed by atoms with Crippen LogP contribution in [0.15, 0.2) is 105 Å². The Kier molecular flexibility index (Phi) is 5.03. The fourth-order valence-corrected chi connectivity index (χ4v) is 6.81. The Bertz CT molecular complexity index is 1600. The van der Waals surface area contributed by atoms with E-state index in [0.717, 1.165) is 26.7 Å². The molecule has 2 unspecified atom stereocenters. The fraction of sp³-hybridized carbons (Fsp3) is 0.133. The van der Waals surface area contributed by atoms with Gasteiger partial charge in [0.05, 0.1) is 29.2 Å². The van der Waals surface area contributed by atoms with E-state index in [9.17, 15) is 14.4 Å². The molecule has 2 heterocycles. The average Bonchev–Trinajstić information content (AvgIpc) is 3.57. The van der Waals surface area contributed by atoms with Gasteiger partial charge in [-0.1, -0.05) is 64.5 Å². The van der Waals surface area contributed by atoms with Crippen LogP contribution in [0.2, 0.25) is 0 Å². The lowest BCUT2D eigenvalue weighted by Gasteiger charge is -2.52. The molecular weight excluding hydrogens is 546 g/mol. The predicted octanol–water partition coefficient (Wildman–Crippen LogP) is 5.01. The molecule has 3 amide bonds. The smallest absolute Gasteiger partial charge is 0.307 e. The van der Waals surface area contributed by atoms with Crippen molar-refractivity contribution in [2.75, 3.05) is 4.90 Å². The molecule has 3 aromatic carbocycles. The van der Waals surface area contributed by atoms with Crippen molar-refractivity contribution in [3.63, 3.8) is 0 Å². The molecule has 4 aliphatic rings. The number of amides is 3. The van der Waals surface area contributed by atoms with Crippen molar-refractivity contribution in [2.45, 2.75) is 11.3 Å². The lowest BCUT2D eigenvalue weighted by molar-refractivity contribution is -0.122. The Morgan fingerprint density at radius 1 is 0.895 bits per heavy atom. The summed E-state index contributed by atoms with van der Waals surface area (Å²) in [4.78, 5) is 42.3. The summed E-state index contributed by atoms with van der Waals surface area (Å²) in [7, 11) is 0. The van der Waals surface area contributed by atoms with E-state index in [0.29, 0.717) is 5.69 Å². The first-order valence-corrected chi connectivity index (χ1v) is 13.0. The zero-order valence-electron chi connectivity index (χ0n) is 19.9. The molecule has 1 saturated heterocycles. The number of nitrogens with zero attached hydrogens (tertiary/aromatic N) is 2. The highest BCUT2D eigenvalue weighted by molar-refractivity contribution is 9.10. The number of anilines is 1. The Balaban J connectivity index is 1.43. The third kappa shape index (κ3) is 3.01. The molecule has 1 aromatic heterocycles. The molecule has 8 rings (SSSR count). The number of hydrogen-bond acceptors (Lipinski definition) is 5. The normalized spacial score (nSPS) is 24.9. The van der Waals surface area contributed by atoms with Gasteiger partial charge >= 0.3 is 5.91 Å². The molecule has 1 fully saturated rings. The average molecular weight is 566 g/mol. The minimum absolute atomic E-state index is 0.124. The standard InChI is InChI=1S/C30H20BrN3O4/c31-17-11-13-18(14-12-17)34-28(36)25-24-19-6-1-3-8-21(19)30(26(25)29(34)37,22-9-4-2-7-20(22)24)16-32-33-27(35)23-10-5-15-38-23/h1-16,24-26H,(H,33,35)/b32-16+. The molecular formula is C30H20BrN3O4. The Labute approximate surface area is 226 Å². The summed E-state index contributed by atoms with van der Waals surface area (Å²) in [6.45, 7) is 0. The largest absolute Gasteiger partial charge is 0.459 e. The van der Waals surface area contributed by atoms with Gasteiger partial charge in [-0.3, -0.25) is 14.4 Å². The van der Waals surface area contributed by atoms with Gasteiger partial charge in [0.25, 0.3) is 0 Å². The van der Waals surface area contributed by atoms with Crippen LogP contribution in [-0.4, -0.2) is 23.9 Å². The van der Waals surface area contributed by atoms with Crippen LogP contribution >= 0.6 is 15.9 Å². The van der Waals surface area contributed by atoms with Gasteiger partial charge in [-0.15, -0.1) is 0 Å². The first-order chi connectivity index (χ1) is 18.5. The van der Waals surface area contributed by atoms with E-state index < -0.39 is 23.2 Å². The summed E-state index contributed by atoms with van der Waals surface area (Å²) in [5.41, 5.74) is 5.85. The minimum atomic E-state index is -1.06. The molecule has 8 heteroatoms. The summed E-state index contributed by atoms with van der Waals surface area (Å²) in [5, 5.41) is 4.37. The quantitative estimate of drug-likeness (QED) is 0.214. The lowest BCUT2D eigenvalue weighted by atomic mass is 9.47. The van der Waals surface area contributed by atoms with E-state index in [1.54, 1.807) is 30.5 Å². The number of rotatable bonds is 4. The molecule has 0 spiro atoms. The van der Waals surface area contributed by atoms with Gasteiger partial charge in [-0.2, -0.15) is 5.10 Å². The third-order valence-electron chi connectivity index (χ3n) is 7.95. The van der Waals surface area contributed by atoms with Gasteiger partial charge in [0.2, 0.25) is 11.8 Å². The maximum atomic E-state index is 14.3. The maximum absolute atomic E-state index is 14.3. The van der Waals surface area contributed by atoms with Crippen molar-refractivity contribution in [1.82, 2.24) is 5.43 Å². The summed E-state index contributed by atoms with van der Waals surface area (Å²) in [5.74, 6) is -2.48. The van der Waals surface area contributed by atoms with Crippen LogP contribution < -0.4 is 10.3 Å². The predicted molar refractivity (Wildman–Crippen MR) is 144 cm³/mol. The Morgan fingerprint density at radius 3 is 2.18 bits per heavy atom. The van der Waals surface area contributed by atoms with Crippen LogP contribution in [0.3, 0.4) is 0 Å². The van der Waals surface area contributed by atoms with E-state index >= 15 is 0 Å². The van der Waals surface area contributed by atoms with Crippen molar-refractivity contribution in [1.29, 1.82) is 0 Å². The number of hydrogen-bond donors (Lipinski definition) is 1. The zero-order chi connectivity index (χ0) is 26.0. The molecule has 1 N–H and O–H groups in total. The number of nitrogens with one attached hydrogen (secondary N) is 1. The van der Waals surface area contributed by atoms with Gasteiger partial charge in [0.1, 0.15) is 0 Å². The van der Waals surface area contributed by atoms with Crippen LogP contribution in [0.25, 0.3) is 0 Å². The van der Waals surface area contributed by atoms with Crippen molar-refractivity contribution >= 4 is 45.6 Å². The molecule has 2 bridgehead atoms. The van der Waals surface area contributed by atoms with E-state index in [1.165, 1.54) is 11.2 Å². The molecule has 1 aliphatic heterocycles. The molecule has 38 heavy (non-hydrogen) atoms. The molecule has 7 nitrogen and oxygen atoms in total. The first kappa shape index (κ1) is 22.9. The zero-order valence-corrected chi connectivity index (χ0v) is 21.5. The van der Waals surface area contributed by atoms with Crippen LogP contribution in [0.1, 0.15) is 38.7 Å². The number of carbonyl (C=O) groups excluding carboxylic acids is 3. The highest BCUT2D eigenvalue weighted by Crippen LogP contribution is 2.63. The van der Waals surface area contributed by atoms with Gasteiger partial charge in [0, 0.05) is 16.6 Å². The van der Waals surface area contributed by atoms with Crippen molar-refractivity contribution < 1.29 is 18.8 Å². The van der Waals surface area contributed by atoms with E-state index in [-0.39, 0.29) is 23.5 Å². The molecule has 186 valence electrons. The maximum Gasteiger partial charge on any atom is 0.307 e. The topological polar surface area (TPSA) is 92.0 Å². The Morgan fingerprint density at radius 2 is 1.55 bits per heavy atom. The third-order valence-corrected chi connectivity index (χ3v) is 8.48. The lowest BCUT2D eigenvalue weighted by Crippen LogP contribution is -2.54. The van der Waals surface area contributed by atoms with Gasteiger partial charge in [-0.25, -0.2) is 10.3 Å². The highest BCUT2D eigenvalue weighted by atomic mass is 79.9. The number of halogens is 1. The van der Waals surface area contributed by atoms with E-state index in [2.05, 4.69) is 26.5 Å². The van der Waals surface area contributed by atoms with Crippen molar-refractivity contribution in [3.8, 4) is 0 Å². The number of furan rings is 1. The highest BCUT2D eigenvalue weighted by Gasteiger charge is 2.68. The summed E-state index contributed by atoms with van der Waals surface area (Å²) >= 11 is 3.43. The number of benzene rings is 3. The molecule has 2 atom stereocenters. The summed E-state index contributed by atoms with van der Waals surface area (Å²) in [6.07, 6.45) is 3.05. The number of carbonyl (C=O) groups is 3. The summed E-state index contributed by atoms with van der Waals surface area (Å²) in [6, 6.07) is 26.1. The SMILES string of the molecule is O=C(N/N=C/C12c3ccccc3C(c3ccccc31)C1C(=O)N(c3ccc(Br)cc3)C(=O)C12)c1ccco1. The molecule has 0 radical (unpaired) electrons. The second kappa shape index (κ2) is 8.36. The Hall–Kier alpha value is -4.30. The minimum Gasteiger partial charge on any atom is -0.459 e. The van der Waals surface area contributed by atoms with Crippen LogP contribution in [0, 0.1) is 11.8 Å². The van der Waals surface area contributed by atoms with Crippen molar-refractivity contribution in [2.24, 2.45) is 16.9 Å². The monoisotopic (exact) mass is 565 g/mol. The van der Waals surface area contributed by atoms with E-state index in [4.69, 9.17) is 4.42 Å². The van der Waals surface area contributed by atoms with Crippen LogP contribution in [0.4, 0.5) is 5.69 Å². The van der Waals surface area contributed by atoms with Gasteiger partial charge < -0.3 is 4.42 Å². The van der Waals surface area contributed by atoms with Gasteiger partial charge in [0.15, 0.2) is 5.76 Å². The molecule has 3 aliphatic carbocycles. The van der Waals surface area contributed by atoms with Crippen molar-refractivity contribution in [3.05, 3.63) is 124 Å². The second-order valence-corrected chi connectivity index (χ2v) is 10.6. The number of hydrazone groups is 1. The van der Waals surface area contributed by atoms with Crippen LogP contribution in [0.5, 0.6) is 0 Å². The molecule has 4 aromatic rings. The fourth-order valence-electron chi connectivity index (χ4n) is 6.55. The van der Waals surface area contributed by atoms with Gasteiger partial charge in [-0.05, 0) is 58.7 Å². The summed E-state index contributed by atoms with van der Waals surface area (Å²) < 4.78 is 6.04. The molecule has 0 saturated carbocycles. The first-order valence-electron chi connectivity index (χ1n) is 12.2. The second-order valence-electron chi connectivity index (χ2n) is 9.69. The van der Waals surface area contributed by atoms with E-state index in [1.807, 2.05) is 60.7 Å². The van der Waals surface area contributed by atoms with Crippen LogP contribution in [-0.2, 0) is 15.0 Å². The number of imide groups is 1.